The van der Waals surface area contributed by atoms with Crippen molar-refractivity contribution in [2.24, 2.45) is 16.3 Å². The lowest BCUT2D eigenvalue weighted by atomic mass is 9.65. The number of aryl methyl sites for hydroxylation is 1. The predicted molar refractivity (Wildman–Crippen MR) is 109 cm³/mol. The topological polar surface area (TPSA) is 36.9 Å². The highest BCUT2D eigenvalue weighted by atomic mass is 16.5. The molecule has 1 aromatic rings. The first-order valence-electron chi connectivity index (χ1n) is 9.93. The Balaban J connectivity index is 1.66. The average Bonchev–Trinajstić information content (AvgIpc) is 2.62. The zero-order valence-corrected chi connectivity index (χ0v) is 17.3. The van der Waals surface area contributed by atoms with E-state index in [0.29, 0.717) is 11.3 Å². The molecule has 0 amide bonds. The highest BCUT2D eigenvalue weighted by Crippen LogP contribution is 2.46. The van der Waals surface area contributed by atoms with Crippen molar-refractivity contribution < 1.29 is 4.74 Å². The van der Waals surface area contributed by atoms with Crippen molar-refractivity contribution in [1.82, 2.24) is 10.2 Å². The molecule has 2 heterocycles. The Morgan fingerprint density at radius 1 is 1.23 bits per heavy atom. The Hall–Kier alpha value is -1.55. The van der Waals surface area contributed by atoms with Gasteiger partial charge in [0.2, 0.25) is 0 Å². The lowest BCUT2D eigenvalue weighted by molar-refractivity contribution is -0.0678. The van der Waals surface area contributed by atoms with Crippen molar-refractivity contribution in [2.45, 2.75) is 59.1 Å². The molecular weight excluding hydrogens is 322 g/mol. The van der Waals surface area contributed by atoms with Crippen LogP contribution in [0, 0.1) is 18.3 Å². The molecular formula is C22H35N3O. The van der Waals surface area contributed by atoms with Crippen molar-refractivity contribution >= 4 is 5.96 Å². The van der Waals surface area contributed by atoms with Crippen LogP contribution >= 0.6 is 0 Å². The molecule has 0 aliphatic carbocycles. The molecule has 2 fully saturated rings. The van der Waals surface area contributed by atoms with Gasteiger partial charge in [0.15, 0.2) is 5.96 Å². The third-order valence-corrected chi connectivity index (χ3v) is 6.72. The minimum absolute atomic E-state index is 0.119. The highest BCUT2D eigenvalue weighted by Gasteiger charge is 2.53. The van der Waals surface area contributed by atoms with Crippen LogP contribution in [0.3, 0.4) is 0 Å². The van der Waals surface area contributed by atoms with E-state index in [2.05, 4.69) is 74.1 Å². The summed E-state index contributed by atoms with van der Waals surface area (Å²) in [5, 5.41) is 3.64. The molecule has 0 bridgehead atoms. The van der Waals surface area contributed by atoms with E-state index in [1.54, 1.807) is 0 Å². The lowest BCUT2D eigenvalue weighted by Crippen LogP contribution is -2.72. The Kier molecular flexibility index (Phi) is 5.34. The predicted octanol–water partition coefficient (Wildman–Crippen LogP) is 4.16. The number of hydrogen-bond donors (Lipinski definition) is 1. The van der Waals surface area contributed by atoms with E-state index in [1.807, 2.05) is 7.05 Å². The van der Waals surface area contributed by atoms with Gasteiger partial charge in [-0.15, -0.1) is 0 Å². The van der Waals surface area contributed by atoms with Crippen LogP contribution < -0.4 is 5.32 Å². The van der Waals surface area contributed by atoms with Crippen LogP contribution in [0.5, 0.6) is 0 Å². The molecule has 2 atom stereocenters. The van der Waals surface area contributed by atoms with Gasteiger partial charge in [0, 0.05) is 43.6 Å². The summed E-state index contributed by atoms with van der Waals surface area (Å²) in [6, 6.07) is 8.80. The number of nitrogens with zero attached hydrogens (tertiary/aromatic N) is 2. The number of guanidine groups is 1. The zero-order valence-electron chi connectivity index (χ0n) is 17.3. The average molecular weight is 358 g/mol. The van der Waals surface area contributed by atoms with Crippen molar-refractivity contribution in [3.63, 3.8) is 0 Å². The van der Waals surface area contributed by atoms with E-state index in [4.69, 9.17) is 4.74 Å². The number of rotatable bonds is 3. The number of ether oxygens (including phenoxy) is 1. The first-order chi connectivity index (χ1) is 12.3. The quantitative estimate of drug-likeness (QED) is 0.652. The van der Waals surface area contributed by atoms with E-state index in [-0.39, 0.29) is 11.6 Å². The van der Waals surface area contributed by atoms with Crippen LogP contribution in [0.1, 0.15) is 57.8 Å². The summed E-state index contributed by atoms with van der Waals surface area (Å²) in [7, 11) is 1.89. The summed E-state index contributed by atoms with van der Waals surface area (Å²) < 4.78 is 6.16. The van der Waals surface area contributed by atoms with E-state index in [9.17, 15) is 0 Å². The summed E-state index contributed by atoms with van der Waals surface area (Å²) in [6.07, 6.45) is 2.50. The number of aliphatic imine (C=N–C) groups is 1. The normalized spacial score (nSPS) is 27.8. The maximum atomic E-state index is 6.16. The van der Waals surface area contributed by atoms with Gasteiger partial charge in [-0.1, -0.05) is 43.7 Å². The summed E-state index contributed by atoms with van der Waals surface area (Å²) in [5.74, 6) is 1.49. The Labute approximate surface area is 159 Å². The summed E-state index contributed by atoms with van der Waals surface area (Å²) >= 11 is 0. The van der Waals surface area contributed by atoms with Crippen LogP contribution in [0.4, 0.5) is 0 Å². The van der Waals surface area contributed by atoms with Crippen LogP contribution in [-0.2, 0) is 4.74 Å². The van der Waals surface area contributed by atoms with Gasteiger partial charge in [-0.2, -0.15) is 0 Å². The van der Waals surface area contributed by atoms with Crippen LogP contribution in [0.15, 0.2) is 29.3 Å². The molecule has 26 heavy (non-hydrogen) atoms. The third-order valence-electron chi connectivity index (χ3n) is 6.72. The molecule has 0 spiro atoms. The monoisotopic (exact) mass is 357 g/mol. The van der Waals surface area contributed by atoms with Crippen molar-refractivity contribution in [2.75, 3.05) is 26.7 Å². The van der Waals surface area contributed by atoms with Crippen LogP contribution in [-0.4, -0.2) is 43.1 Å². The van der Waals surface area contributed by atoms with E-state index in [0.717, 1.165) is 32.1 Å². The molecule has 4 heteroatoms. The Morgan fingerprint density at radius 3 is 2.50 bits per heavy atom. The van der Waals surface area contributed by atoms with Gasteiger partial charge < -0.3 is 15.0 Å². The molecule has 1 aromatic carbocycles. The molecule has 0 saturated carbocycles. The number of benzene rings is 1. The maximum absolute atomic E-state index is 6.16. The molecule has 2 unspecified atom stereocenters. The first-order valence-corrected chi connectivity index (χ1v) is 9.93. The van der Waals surface area contributed by atoms with Gasteiger partial charge in [-0.05, 0) is 39.2 Å². The number of hydrogen-bond acceptors (Lipinski definition) is 2. The fourth-order valence-corrected chi connectivity index (χ4v) is 4.09. The molecule has 144 valence electrons. The second kappa shape index (κ2) is 7.22. The standard InChI is InChI=1S/C22H35N3O/c1-16-9-11-17(12-10-16)19-18(8-7-13-26-19)14-24-20(23-6)25-15-21(2,3)22(25,4)5/h9-12,18-19H,7-8,13-15H2,1-6H3,(H,23,24). The second-order valence-corrected chi connectivity index (χ2v) is 9.06. The van der Waals surface area contributed by atoms with Crippen LogP contribution in [0.25, 0.3) is 0 Å². The number of nitrogens with one attached hydrogen (secondary N) is 1. The van der Waals surface area contributed by atoms with Crippen molar-refractivity contribution in [3.8, 4) is 0 Å². The lowest BCUT2D eigenvalue weighted by Gasteiger charge is -2.62. The van der Waals surface area contributed by atoms with Gasteiger partial charge in [0.05, 0.1) is 6.10 Å². The third kappa shape index (κ3) is 3.48. The molecule has 2 saturated heterocycles. The molecule has 4 nitrogen and oxygen atoms in total. The highest BCUT2D eigenvalue weighted by molar-refractivity contribution is 5.82. The first kappa shape index (κ1) is 19.2. The smallest absolute Gasteiger partial charge is 0.194 e. The maximum Gasteiger partial charge on any atom is 0.194 e. The largest absolute Gasteiger partial charge is 0.373 e. The minimum atomic E-state index is 0.119. The van der Waals surface area contributed by atoms with Gasteiger partial charge in [-0.25, -0.2) is 0 Å². The summed E-state index contributed by atoms with van der Waals surface area (Å²) in [6.45, 7) is 14.2. The van der Waals surface area contributed by atoms with Gasteiger partial charge >= 0.3 is 0 Å². The van der Waals surface area contributed by atoms with Gasteiger partial charge in [-0.3, -0.25) is 4.99 Å². The fraction of sp³-hybridized carbons (Fsp3) is 0.682. The molecule has 0 radical (unpaired) electrons. The zero-order chi connectivity index (χ0) is 18.9. The molecule has 2 aliphatic rings. The molecule has 0 aromatic heterocycles. The second-order valence-electron chi connectivity index (χ2n) is 9.06. The van der Waals surface area contributed by atoms with E-state index in [1.165, 1.54) is 17.5 Å². The summed E-state index contributed by atoms with van der Waals surface area (Å²) in [4.78, 5) is 6.96. The SMILES string of the molecule is CN=C(NCC1CCCOC1c1ccc(C)cc1)N1CC(C)(C)C1(C)C. The Bertz CT molecular complexity index is 648. The van der Waals surface area contributed by atoms with Crippen molar-refractivity contribution in [1.29, 1.82) is 0 Å². The fourth-order valence-electron chi connectivity index (χ4n) is 4.09. The van der Waals surface area contributed by atoms with E-state index >= 15 is 0 Å². The van der Waals surface area contributed by atoms with Crippen molar-refractivity contribution in [3.05, 3.63) is 35.4 Å². The van der Waals surface area contributed by atoms with Gasteiger partial charge in [0.1, 0.15) is 0 Å². The molecule has 3 rings (SSSR count). The number of likely N-dealkylation sites (tertiary alicyclic amines) is 1. The molecule has 1 N–H and O–H groups in total. The van der Waals surface area contributed by atoms with E-state index < -0.39 is 0 Å². The molecule has 2 aliphatic heterocycles. The Morgan fingerprint density at radius 2 is 1.92 bits per heavy atom. The van der Waals surface area contributed by atoms with Gasteiger partial charge in [0.25, 0.3) is 0 Å². The minimum Gasteiger partial charge on any atom is -0.373 e. The summed E-state index contributed by atoms with van der Waals surface area (Å²) in [5.41, 5.74) is 3.02. The van der Waals surface area contributed by atoms with Crippen LogP contribution in [0.2, 0.25) is 0 Å².